The van der Waals surface area contributed by atoms with Gasteiger partial charge in [0.1, 0.15) is 5.69 Å². The second-order valence-corrected chi connectivity index (χ2v) is 11.3. The second kappa shape index (κ2) is 8.74. The standard InChI is InChI=1S/C23H31N5O2S/c29-31(30,21-6-2-1-3-7-21)28-12-4-5-18(10-14-28)17-27-13-11-20-15-19(8-9-23(20)27)22-16-24-26-25-22/h8-9,11,13,15-16,18,21H,1-7,10,12,14,17H2,(H,24,25,26). The SMILES string of the molecule is O=S(=O)(C1CCCCC1)N1CCCC(Cn2ccc3cc(-c4cn[nH]n4)ccc32)CC1. The molecule has 2 aromatic heterocycles. The summed E-state index contributed by atoms with van der Waals surface area (Å²) in [4.78, 5) is 0. The molecule has 0 spiro atoms. The van der Waals surface area contributed by atoms with E-state index in [0.29, 0.717) is 19.0 Å². The van der Waals surface area contributed by atoms with Crippen LogP contribution >= 0.6 is 0 Å². The molecule has 1 saturated heterocycles. The van der Waals surface area contributed by atoms with Crippen molar-refractivity contribution in [3.05, 3.63) is 36.7 Å². The minimum atomic E-state index is -3.14. The van der Waals surface area contributed by atoms with Crippen molar-refractivity contribution in [1.29, 1.82) is 0 Å². The van der Waals surface area contributed by atoms with Gasteiger partial charge in [-0.3, -0.25) is 0 Å². The van der Waals surface area contributed by atoms with Crippen LogP contribution in [-0.4, -0.2) is 51.0 Å². The van der Waals surface area contributed by atoms with Crippen molar-refractivity contribution in [3.63, 3.8) is 0 Å². The third-order valence-electron chi connectivity index (χ3n) is 7.08. The summed E-state index contributed by atoms with van der Waals surface area (Å²) in [7, 11) is -3.14. The first-order valence-electron chi connectivity index (χ1n) is 11.6. The van der Waals surface area contributed by atoms with Crippen molar-refractivity contribution < 1.29 is 8.42 Å². The summed E-state index contributed by atoms with van der Waals surface area (Å²) in [5, 5.41) is 11.8. The van der Waals surface area contributed by atoms with Gasteiger partial charge in [-0.2, -0.15) is 15.4 Å². The molecule has 1 aliphatic carbocycles. The van der Waals surface area contributed by atoms with Gasteiger partial charge in [-0.1, -0.05) is 25.3 Å². The van der Waals surface area contributed by atoms with Gasteiger partial charge in [0.05, 0.1) is 11.4 Å². The molecule has 7 nitrogen and oxygen atoms in total. The molecule has 1 aliphatic heterocycles. The molecule has 3 aromatic rings. The Balaban J connectivity index is 1.26. The van der Waals surface area contributed by atoms with Gasteiger partial charge in [-0.15, -0.1) is 0 Å². The lowest BCUT2D eigenvalue weighted by Gasteiger charge is -2.28. The van der Waals surface area contributed by atoms with Gasteiger partial charge in [0.15, 0.2) is 0 Å². The summed E-state index contributed by atoms with van der Waals surface area (Å²) in [6, 6.07) is 8.53. The van der Waals surface area contributed by atoms with E-state index in [1.807, 2.05) is 0 Å². The lowest BCUT2D eigenvalue weighted by atomic mass is 10.0. The van der Waals surface area contributed by atoms with Crippen LogP contribution in [0.15, 0.2) is 36.7 Å². The third-order valence-corrected chi connectivity index (χ3v) is 9.48. The number of hydrogen-bond acceptors (Lipinski definition) is 4. The molecule has 2 fully saturated rings. The first-order valence-corrected chi connectivity index (χ1v) is 13.1. The fraction of sp³-hybridized carbons (Fsp3) is 0.565. The number of benzene rings is 1. The van der Waals surface area contributed by atoms with Gasteiger partial charge < -0.3 is 4.57 Å². The van der Waals surface area contributed by atoms with Crippen LogP contribution in [0.25, 0.3) is 22.2 Å². The molecule has 3 heterocycles. The number of aromatic nitrogens is 4. The minimum absolute atomic E-state index is 0.148. The van der Waals surface area contributed by atoms with Crippen LogP contribution in [0.1, 0.15) is 51.4 Å². The van der Waals surface area contributed by atoms with E-state index in [4.69, 9.17) is 0 Å². The molecule has 1 unspecified atom stereocenters. The topological polar surface area (TPSA) is 83.9 Å². The zero-order valence-corrected chi connectivity index (χ0v) is 18.7. The summed E-state index contributed by atoms with van der Waals surface area (Å²) >= 11 is 0. The Labute approximate surface area is 183 Å². The maximum Gasteiger partial charge on any atom is 0.216 e. The molecule has 5 rings (SSSR count). The van der Waals surface area contributed by atoms with Gasteiger partial charge in [-0.05, 0) is 56.2 Å². The fourth-order valence-electron chi connectivity index (χ4n) is 5.29. The highest BCUT2D eigenvalue weighted by molar-refractivity contribution is 7.89. The van der Waals surface area contributed by atoms with Crippen molar-refractivity contribution in [1.82, 2.24) is 24.3 Å². The number of fused-ring (bicyclic) bond motifs is 1. The fourth-order valence-corrected chi connectivity index (χ4v) is 7.38. The number of nitrogens with one attached hydrogen (secondary N) is 1. The predicted octanol–water partition coefficient (Wildman–Crippen LogP) is 4.19. The molecule has 1 N–H and O–H groups in total. The first kappa shape index (κ1) is 20.7. The summed E-state index contributed by atoms with van der Waals surface area (Å²) in [5.74, 6) is 0.498. The largest absolute Gasteiger partial charge is 0.347 e. The van der Waals surface area contributed by atoms with Crippen LogP contribution < -0.4 is 0 Å². The molecular formula is C23H31N5O2S. The average molecular weight is 442 g/mol. The molecule has 1 aromatic carbocycles. The van der Waals surface area contributed by atoms with Gasteiger partial charge >= 0.3 is 0 Å². The number of H-pyrrole nitrogens is 1. The van der Waals surface area contributed by atoms with Crippen molar-refractivity contribution in [3.8, 4) is 11.3 Å². The molecule has 8 heteroatoms. The van der Waals surface area contributed by atoms with Crippen LogP contribution in [0.3, 0.4) is 0 Å². The van der Waals surface area contributed by atoms with E-state index in [-0.39, 0.29) is 5.25 Å². The zero-order valence-electron chi connectivity index (χ0n) is 17.9. The van der Waals surface area contributed by atoms with Crippen molar-refractivity contribution in [2.45, 2.75) is 63.2 Å². The summed E-state index contributed by atoms with van der Waals surface area (Å²) in [5.41, 5.74) is 3.11. The van der Waals surface area contributed by atoms with Crippen LogP contribution in [0.5, 0.6) is 0 Å². The van der Waals surface area contributed by atoms with Crippen LogP contribution in [0.4, 0.5) is 0 Å². The van der Waals surface area contributed by atoms with E-state index in [1.165, 1.54) is 17.3 Å². The number of hydrogen-bond donors (Lipinski definition) is 1. The van der Waals surface area contributed by atoms with E-state index < -0.39 is 10.0 Å². The van der Waals surface area contributed by atoms with Gasteiger partial charge in [0.25, 0.3) is 0 Å². The van der Waals surface area contributed by atoms with E-state index in [0.717, 1.165) is 62.7 Å². The molecule has 2 aliphatic rings. The van der Waals surface area contributed by atoms with Crippen molar-refractivity contribution in [2.24, 2.45) is 5.92 Å². The number of rotatable bonds is 5. The average Bonchev–Trinajstić information content (AvgIpc) is 3.40. The molecule has 0 amide bonds. The lowest BCUT2D eigenvalue weighted by Crippen LogP contribution is -2.40. The Morgan fingerprint density at radius 3 is 2.68 bits per heavy atom. The molecule has 0 radical (unpaired) electrons. The first-order chi connectivity index (χ1) is 15.1. The zero-order chi connectivity index (χ0) is 21.3. The number of nitrogens with zero attached hydrogens (tertiary/aromatic N) is 4. The van der Waals surface area contributed by atoms with E-state index in [2.05, 4.69) is 50.4 Å². The Morgan fingerprint density at radius 2 is 1.87 bits per heavy atom. The molecule has 0 bridgehead atoms. The third kappa shape index (κ3) is 4.28. The van der Waals surface area contributed by atoms with E-state index >= 15 is 0 Å². The molecular weight excluding hydrogens is 410 g/mol. The summed E-state index contributed by atoms with van der Waals surface area (Å²) < 4.78 is 30.4. The van der Waals surface area contributed by atoms with Gasteiger partial charge in [0.2, 0.25) is 10.0 Å². The van der Waals surface area contributed by atoms with Crippen molar-refractivity contribution >= 4 is 20.9 Å². The highest BCUT2D eigenvalue weighted by atomic mass is 32.2. The van der Waals surface area contributed by atoms with E-state index in [1.54, 1.807) is 10.5 Å². The summed E-state index contributed by atoms with van der Waals surface area (Å²) in [6.07, 6.45) is 11.8. The second-order valence-electron chi connectivity index (χ2n) is 9.10. The predicted molar refractivity (Wildman–Crippen MR) is 122 cm³/mol. The maximum atomic E-state index is 13.1. The van der Waals surface area contributed by atoms with E-state index in [9.17, 15) is 8.42 Å². The Bertz CT molecular complexity index is 1120. The Kier molecular flexibility index (Phi) is 5.84. The highest BCUT2D eigenvalue weighted by Gasteiger charge is 2.34. The van der Waals surface area contributed by atoms with Gasteiger partial charge in [-0.25, -0.2) is 12.7 Å². The smallest absolute Gasteiger partial charge is 0.216 e. The highest BCUT2D eigenvalue weighted by Crippen LogP contribution is 2.30. The summed E-state index contributed by atoms with van der Waals surface area (Å²) in [6.45, 7) is 2.28. The quantitative estimate of drug-likeness (QED) is 0.643. The Hall–Kier alpha value is -2.19. The normalized spacial score (nSPS) is 22.0. The van der Waals surface area contributed by atoms with Crippen LogP contribution in [0, 0.1) is 5.92 Å². The molecule has 166 valence electrons. The number of sulfonamides is 1. The van der Waals surface area contributed by atoms with Crippen molar-refractivity contribution in [2.75, 3.05) is 13.1 Å². The monoisotopic (exact) mass is 441 g/mol. The Morgan fingerprint density at radius 1 is 1.00 bits per heavy atom. The lowest BCUT2D eigenvalue weighted by molar-refractivity contribution is 0.377. The van der Waals surface area contributed by atoms with Crippen LogP contribution in [-0.2, 0) is 16.6 Å². The number of aromatic amines is 1. The maximum absolute atomic E-state index is 13.1. The minimum Gasteiger partial charge on any atom is -0.347 e. The molecule has 1 atom stereocenters. The van der Waals surface area contributed by atoms with Crippen LogP contribution in [0.2, 0.25) is 0 Å². The van der Waals surface area contributed by atoms with Gasteiger partial charge in [0, 0.05) is 42.3 Å². The molecule has 1 saturated carbocycles. The molecule has 31 heavy (non-hydrogen) atoms.